The predicted molar refractivity (Wildman–Crippen MR) is 120 cm³/mol. The van der Waals surface area contributed by atoms with Gasteiger partial charge >= 0.3 is 0 Å². The zero-order chi connectivity index (χ0) is 20.8. The molecule has 3 aliphatic rings. The highest BCUT2D eigenvalue weighted by Crippen LogP contribution is 2.35. The summed E-state index contributed by atoms with van der Waals surface area (Å²) < 4.78 is 5.58. The maximum absolute atomic E-state index is 11.7. The van der Waals surface area contributed by atoms with Gasteiger partial charge in [0.25, 0.3) is 5.91 Å². The molecule has 0 aromatic heterocycles. The Morgan fingerprint density at radius 3 is 2.43 bits per heavy atom. The average Bonchev–Trinajstić information content (AvgIpc) is 3.46. The van der Waals surface area contributed by atoms with Crippen molar-refractivity contribution in [3.63, 3.8) is 0 Å². The van der Waals surface area contributed by atoms with E-state index in [0.29, 0.717) is 6.04 Å². The van der Waals surface area contributed by atoms with Crippen LogP contribution in [0.2, 0.25) is 0 Å². The van der Waals surface area contributed by atoms with Crippen molar-refractivity contribution in [2.45, 2.75) is 57.9 Å². The first-order valence-corrected chi connectivity index (χ1v) is 11.8. The van der Waals surface area contributed by atoms with Crippen LogP contribution in [0, 0.1) is 11.8 Å². The van der Waals surface area contributed by atoms with E-state index in [0.717, 1.165) is 69.0 Å². The molecule has 2 unspecified atom stereocenters. The minimum atomic E-state index is -0.0337. The lowest BCUT2D eigenvalue weighted by molar-refractivity contribution is -0.123. The summed E-state index contributed by atoms with van der Waals surface area (Å²) in [5, 5.41) is 6.43. The highest BCUT2D eigenvalue weighted by Gasteiger charge is 2.35. The van der Waals surface area contributed by atoms with Gasteiger partial charge in [0.15, 0.2) is 12.6 Å². The molecule has 1 saturated heterocycles. The Morgan fingerprint density at radius 1 is 1.10 bits per heavy atom. The van der Waals surface area contributed by atoms with E-state index in [1.54, 1.807) is 0 Å². The summed E-state index contributed by atoms with van der Waals surface area (Å²) in [5.74, 6) is 3.51. The molecule has 1 amide bonds. The van der Waals surface area contributed by atoms with Crippen molar-refractivity contribution in [3.05, 3.63) is 29.8 Å². The monoisotopic (exact) mass is 412 g/mol. The van der Waals surface area contributed by atoms with Crippen molar-refractivity contribution in [2.75, 3.05) is 32.8 Å². The number of nitrogens with one attached hydrogen (secondary N) is 2. The first-order valence-electron chi connectivity index (χ1n) is 11.8. The molecular weight excluding hydrogens is 376 g/mol. The van der Waals surface area contributed by atoms with E-state index in [9.17, 15) is 4.79 Å². The number of hydrogen-bond acceptors (Lipinski definition) is 3. The van der Waals surface area contributed by atoms with Crippen LogP contribution in [0.4, 0.5) is 0 Å². The molecule has 30 heavy (non-hydrogen) atoms. The topological polar surface area (TPSA) is 66.0 Å². The second-order valence-corrected chi connectivity index (χ2v) is 8.97. The van der Waals surface area contributed by atoms with Crippen molar-refractivity contribution in [2.24, 2.45) is 16.8 Å². The number of carbonyl (C=O) groups excluding carboxylic acids is 1. The van der Waals surface area contributed by atoms with E-state index in [4.69, 9.17) is 9.73 Å². The molecule has 0 spiro atoms. The second-order valence-electron chi connectivity index (χ2n) is 8.97. The van der Waals surface area contributed by atoms with Crippen LogP contribution < -0.4 is 15.4 Å². The maximum Gasteiger partial charge on any atom is 0.258 e. The van der Waals surface area contributed by atoms with Crippen LogP contribution >= 0.6 is 0 Å². The van der Waals surface area contributed by atoms with Gasteiger partial charge in [0.05, 0.1) is 0 Å². The first-order chi connectivity index (χ1) is 14.7. The summed E-state index contributed by atoms with van der Waals surface area (Å²) in [6.45, 7) is 6.24. The van der Waals surface area contributed by atoms with E-state index in [1.807, 2.05) is 12.1 Å². The molecule has 3 fully saturated rings. The van der Waals surface area contributed by atoms with Gasteiger partial charge in [0.1, 0.15) is 5.75 Å². The molecule has 164 valence electrons. The van der Waals surface area contributed by atoms with Crippen LogP contribution in [0.5, 0.6) is 5.75 Å². The van der Waals surface area contributed by atoms with Crippen LogP contribution in [0.25, 0.3) is 0 Å². The molecule has 2 saturated carbocycles. The molecular formula is C24H36N4O2. The van der Waals surface area contributed by atoms with Gasteiger partial charge in [-0.1, -0.05) is 25.0 Å². The largest absolute Gasteiger partial charge is 0.484 e. The molecule has 1 aromatic carbocycles. The fourth-order valence-electron chi connectivity index (χ4n) is 4.69. The standard InChI is InChI=1S/C24H36N4O2/c1-2-25-24(28-15-19-5-3-4-6-20(19)16-28)26-14-13-18-7-11-22(12-8-18)30-17-23(29)27-21-9-10-21/h7-8,11-12,19-21H,2-6,9-10,13-17H2,1H3,(H,25,26)(H,27,29). The number of aliphatic imine (C=N–C) groups is 1. The highest BCUT2D eigenvalue weighted by atomic mass is 16.5. The third-order valence-electron chi connectivity index (χ3n) is 6.51. The van der Waals surface area contributed by atoms with Crippen LogP contribution in [-0.4, -0.2) is 55.6 Å². The predicted octanol–water partition coefficient (Wildman–Crippen LogP) is 2.97. The molecule has 2 aliphatic carbocycles. The summed E-state index contributed by atoms with van der Waals surface area (Å²) >= 11 is 0. The summed E-state index contributed by atoms with van der Waals surface area (Å²) in [6.07, 6.45) is 8.66. The summed E-state index contributed by atoms with van der Waals surface area (Å²) in [7, 11) is 0. The Balaban J connectivity index is 1.24. The fourth-order valence-corrected chi connectivity index (χ4v) is 4.69. The van der Waals surface area contributed by atoms with Crippen LogP contribution in [0.15, 0.2) is 29.3 Å². The van der Waals surface area contributed by atoms with E-state index in [1.165, 1.54) is 31.2 Å². The number of benzene rings is 1. The number of guanidine groups is 1. The Morgan fingerprint density at radius 2 is 1.80 bits per heavy atom. The van der Waals surface area contributed by atoms with E-state index in [2.05, 4.69) is 34.6 Å². The Kier molecular flexibility index (Phi) is 7.13. The Bertz CT molecular complexity index is 715. The van der Waals surface area contributed by atoms with Gasteiger partial charge in [0.2, 0.25) is 0 Å². The van der Waals surface area contributed by atoms with Crippen LogP contribution in [-0.2, 0) is 11.2 Å². The van der Waals surface area contributed by atoms with Gasteiger partial charge in [-0.25, -0.2) is 0 Å². The number of likely N-dealkylation sites (tertiary alicyclic amines) is 1. The van der Waals surface area contributed by atoms with Gasteiger partial charge in [-0.3, -0.25) is 9.79 Å². The smallest absolute Gasteiger partial charge is 0.258 e. The number of fused-ring (bicyclic) bond motifs is 1. The number of ether oxygens (including phenoxy) is 1. The quantitative estimate of drug-likeness (QED) is 0.509. The average molecular weight is 413 g/mol. The lowest BCUT2D eigenvalue weighted by atomic mass is 9.82. The van der Waals surface area contributed by atoms with Gasteiger partial charge in [-0.2, -0.15) is 0 Å². The van der Waals surface area contributed by atoms with Gasteiger partial charge in [0, 0.05) is 32.2 Å². The van der Waals surface area contributed by atoms with Crippen LogP contribution in [0.1, 0.15) is 51.0 Å². The molecule has 1 aromatic rings. The van der Waals surface area contributed by atoms with Gasteiger partial charge < -0.3 is 20.3 Å². The third-order valence-corrected chi connectivity index (χ3v) is 6.51. The minimum absolute atomic E-state index is 0.0337. The summed E-state index contributed by atoms with van der Waals surface area (Å²) in [6, 6.07) is 8.41. The maximum atomic E-state index is 11.7. The molecule has 1 aliphatic heterocycles. The molecule has 1 heterocycles. The fraction of sp³-hybridized carbons (Fsp3) is 0.667. The van der Waals surface area contributed by atoms with E-state index in [-0.39, 0.29) is 12.5 Å². The number of rotatable bonds is 8. The van der Waals surface area contributed by atoms with E-state index >= 15 is 0 Å². The van der Waals surface area contributed by atoms with Crippen molar-refractivity contribution < 1.29 is 9.53 Å². The molecule has 6 heteroatoms. The zero-order valence-electron chi connectivity index (χ0n) is 18.2. The normalized spacial score (nSPS) is 23.8. The van der Waals surface area contributed by atoms with Gasteiger partial charge in [-0.15, -0.1) is 0 Å². The van der Waals surface area contributed by atoms with Crippen molar-refractivity contribution in [1.29, 1.82) is 0 Å². The number of nitrogens with zero attached hydrogens (tertiary/aromatic N) is 2. The number of hydrogen-bond donors (Lipinski definition) is 2. The lowest BCUT2D eigenvalue weighted by Crippen LogP contribution is -2.40. The van der Waals surface area contributed by atoms with Crippen molar-refractivity contribution >= 4 is 11.9 Å². The molecule has 2 N–H and O–H groups in total. The first kappa shape index (κ1) is 21.0. The number of carbonyl (C=O) groups is 1. The SMILES string of the molecule is CCNC(=NCCc1ccc(OCC(=O)NC2CC2)cc1)N1CC2CCCCC2C1. The second kappa shape index (κ2) is 10.2. The van der Waals surface area contributed by atoms with Crippen molar-refractivity contribution in [1.82, 2.24) is 15.5 Å². The van der Waals surface area contributed by atoms with E-state index < -0.39 is 0 Å². The Labute approximate surface area is 180 Å². The Hall–Kier alpha value is -2.24. The highest BCUT2D eigenvalue weighted by molar-refractivity contribution is 5.80. The molecule has 2 atom stereocenters. The van der Waals surface area contributed by atoms with Gasteiger partial charge in [-0.05, 0) is 68.6 Å². The molecule has 6 nitrogen and oxygen atoms in total. The van der Waals surface area contributed by atoms with Crippen molar-refractivity contribution in [3.8, 4) is 5.75 Å². The molecule has 0 radical (unpaired) electrons. The van der Waals surface area contributed by atoms with Crippen LogP contribution in [0.3, 0.4) is 0 Å². The lowest BCUT2D eigenvalue weighted by Gasteiger charge is -2.22. The molecule has 0 bridgehead atoms. The zero-order valence-corrected chi connectivity index (χ0v) is 18.2. The summed E-state index contributed by atoms with van der Waals surface area (Å²) in [5.41, 5.74) is 1.24. The summed E-state index contributed by atoms with van der Waals surface area (Å²) in [4.78, 5) is 19.1. The molecule has 4 rings (SSSR count). The third kappa shape index (κ3) is 5.89. The minimum Gasteiger partial charge on any atom is -0.484 e. The number of amides is 1.